The van der Waals surface area contributed by atoms with Gasteiger partial charge in [-0.25, -0.2) is 0 Å². The second-order valence-electron chi connectivity index (χ2n) is 4.02. The molecule has 2 rings (SSSR count). The summed E-state index contributed by atoms with van der Waals surface area (Å²) >= 11 is 0. The third-order valence-corrected chi connectivity index (χ3v) is 2.61. The summed E-state index contributed by atoms with van der Waals surface area (Å²) < 4.78 is 4.85. The van der Waals surface area contributed by atoms with Crippen LogP contribution in [0.1, 0.15) is 11.1 Å². The average molecular weight is 258 g/mol. The fourth-order valence-electron chi connectivity index (χ4n) is 1.75. The van der Waals surface area contributed by atoms with Gasteiger partial charge in [-0.15, -0.1) is 0 Å². The van der Waals surface area contributed by atoms with E-state index in [0.29, 0.717) is 5.56 Å². The highest BCUT2D eigenvalue weighted by atomic mass is 16.5. The molecule has 0 aromatic heterocycles. The van der Waals surface area contributed by atoms with Gasteiger partial charge in [0.2, 0.25) is 5.75 Å². The van der Waals surface area contributed by atoms with Gasteiger partial charge in [0.25, 0.3) is 0 Å². The lowest BCUT2D eigenvalue weighted by atomic mass is 10.1. The second-order valence-corrected chi connectivity index (χ2v) is 4.02. The third-order valence-electron chi connectivity index (χ3n) is 2.61. The van der Waals surface area contributed by atoms with Gasteiger partial charge in [-0.05, 0) is 35.4 Å². The molecule has 0 fully saturated rings. The first-order chi connectivity index (χ1) is 9.10. The van der Waals surface area contributed by atoms with E-state index in [0.717, 1.165) is 5.56 Å². The highest BCUT2D eigenvalue weighted by Crippen LogP contribution is 2.36. The number of phenolic OH excluding ortho intramolecular Hbond substituents is 3. The molecule has 0 aliphatic rings. The summed E-state index contributed by atoms with van der Waals surface area (Å²) in [7, 11) is 1.37. The molecule has 0 radical (unpaired) electrons. The van der Waals surface area contributed by atoms with Gasteiger partial charge in [0.15, 0.2) is 11.5 Å². The van der Waals surface area contributed by atoms with Crippen molar-refractivity contribution in [2.75, 3.05) is 7.11 Å². The Morgan fingerprint density at radius 3 is 2.11 bits per heavy atom. The second kappa shape index (κ2) is 5.35. The third kappa shape index (κ3) is 2.98. The minimum atomic E-state index is -0.127. The number of phenols is 3. The molecule has 0 bridgehead atoms. The zero-order valence-electron chi connectivity index (χ0n) is 10.4. The summed E-state index contributed by atoms with van der Waals surface area (Å²) in [5.41, 5.74) is 1.44. The zero-order chi connectivity index (χ0) is 13.8. The van der Waals surface area contributed by atoms with Gasteiger partial charge in [0.1, 0.15) is 5.75 Å². The molecule has 2 aromatic carbocycles. The summed E-state index contributed by atoms with van der Waals surface area (Å²) in [5.74, 6) is -0.0202. The maximum atomic E-state index is 9.65. The van der Waals surface area contributed by atoms with Crippen LogP contribution >= 0.6 is 0 Å². The molecule has 0 atom stereocenters. The molecular weight excluding hydrogens is 244 g/mol. The molecule has 19 heavy (non-hydrogen) atoms. The van der Waals surface area contributed by atoms with Crippen LogP contribution in [0.2, 0.25) is 0 Å². The highest BCUT2D eigenvalue weighted by molar-refractivity contribution is 5.72. The van der Waals surface area contributed by atoms with E-state index in [1.165, 1.54) is 19.2 Å². The van der Waals surface area contributed by atoms with Crippen molar-refractivity contribution in [3.05, 3.63) is 47.5 Å². The van der Waals surface area contributed by atoms with Crippen LogP contribution in [0.5, 0.6) is 23.0 Å². The first-order valence-electron chi connectivity index (χ1n) is 5.67. The quantitative estimate of drug-likeness (QED) is 0.740. The maximum absolute atomic E-state index is 9.65. The number of benzene rings is 2. The van der Waals surface area contributed by atoms with Crippen LogP contribution in [-0.4, -0.2) is 22.4 Å². The van der Waals surface area contributed by atoms with Crippen LogP contribution in [0.4, 0.5) is 0 Å². The lowest BCUT2D eigenvalue weighted by Gasteiger charge is -2.06. The molecule has 3 N–H and O–H groups in total. The van der Waals surface area contributed by atoms with E-state index >= 15 is 0 Å². The van der Waals surface area contributed by atoms with Crippen LogP contribution in [0, 0.1) is 0 Å². The predicted molar refractivity (Wildman–Crippen MR) is 73.4 cm³/mol. The lowest BCUT2D eigenvalue weighted by Crippen LogP contribution is -1.85. The lowest BCUT2D eigenvalue weighted by molar-refractivity contribution is 0.344. The molecule has 4 heteroatoms. The fourth-order valence-corrected chi connectivity index (χ4v) is 1.75. The molecule has 0 spiro atoms. The molecular formula is C15H14O4. The molecule has 4 nitrogen and oxygen atoms in total. The Morgan fingerprint density at radius 2 is 1.53 bits per heavy atom. The molecule has 2 aromatic rings. The summed E-state index contributed by atoms with van der Waals surface area (Å²) in [4.78, 5) is 0. The van der Waals surface area contributed by atoms with Gasteiger partial charge in [0, 0.05) is 0 Å². The number of hydrogen-bond donors (Lipinski definition) is 3. The molecule has 0 saturated heterocycles. The van der Waals surface area contributed by atoms with Crippen LogP contribution in [0.3, 0.4) is 0 Å². The van der Waals surface area contributed by atoms with Crippen molar-refractivity contribution in [2.24, 2.45) is 0 Å². The number of ether oxygens (including phenoxy) is 1. The van der Waals surface area contributed by atoms with E-state index in [9.17, 15) is 15.3 Å². The van der Waals surface area contributed by atoms with Gasteiger partial charge in [-0.3, -0.25) is 0 Å². The fraction of sp³-hybridized carbons (Fsp3) is 0.0667. The average Bonchev–Trinajstić information content (AvgIpc) is 2.36. The van der Waals surface area contributed by atoms with Gasteiger partial charge >= 0.3 is 0 Å². The van der Waals surface area contributed by atoms with Crippen LogP contribution in [0.15, 0.2) is 36.4 Å². The van der Waals surface area contributed by atoms with Crippen molar-refractivity contribution < 1.29 is 20.1 Å². The Balaban J connectivity index is 2.29. The maximum Gasteiger partial charge on any atom is 0.202 e. The Bertz CT molecular complexity index is 594. The van der Waals surface area contributed by atoms with Crippen molar-refractivity contribution >= 4 is 12.2 Å². The summed E-state index contributed by atoms with van der Waals surface area (Å²) in [6.45, 7) is 0. The number of rotatable bonds is 3. The van der Waals surface area contributed by atoms with E-state index < -0.39 is 0 Å². The van der Waals surface area contributed by atoms with E-state index in [2.05, 4.69) is 0 Å². The molecule has 0 aliphatic carbocycles. The normalized spacial score (nSPS) is 10.8. The standard InChI is InChI=1S/C15H14O4/c1-19-15-13(17)8-11(9-14(15)18)6-5-10-3-2-4-12(16)7-10/h2-9,16-18H,1H3/b6-5+. The molecule has 0 aliphatic heterocycles. The zero-order valence-corrected chi connectivity index (χ0v) is 10.4. The topological polar surface area (TPSA) is 69.9 Å². The number of hydrogen-bond acceptors (Lipinski definition) is 4. The monoisotopic (exact) mass is 258 g/mol. The smallest absolute Gasteiger partial charge is 0.202 e. The molecule has 0 unspecified atom stereocenters. The Kier molecular flexibility index (Phi) is 3.61. The minimum absolute atomic E-state index is 0.0505. The van der Waals surface area contributed by atoms with E-state index in [1.807, 2.05) is 6.07 Å². The van der Waals surface area contributed by atoms with Crippen molar-refractivity contribution in [1.29, 1.82) is 0 Å². The van der Waals surface area contributed by atoms with E-state index in [1.54, 1.807) is 30.4 Å². The highest BCUT2D eigenvalue weighted by Gasteiger charge is 2.08. The van der Waals surface area contributed by atoms with Crippen molar-refractivity contribution in [3.63, 3.8) is 0 Å². The molecule has 0 heterocycles. The first kappa shape index (κ1) is 12.8. The Hall–Kier alpha value is -2.62. The van der Waals surface area contributed by atoms with Crippen molar-refractivity contribution in [1.82, 2.24) is 0 Å². The van der Waals surface area contributed by atoms with Crippen LogP contribution in [-0.2, 0) is 0 Å². The van der Waals surface area contributed by atoms with Crippen molar-refractivity contribution in [3.8, 4) is 23.0 Å². The minimum Gasteiger partial charge on any atom is -0.508 e. The Labute approximate surface area is 110 Å². The van der Waals surface area contributed by atoms with E-state index in [4.69, 9.17) is 4.74 Å². The largest absolute Gasteiger partial charge is 0.508 e. The number of aromatic hydroxyl groups is 3. The first-order valence-corrected chi connectivity index (χ1v) is 5.67. The van der Waals surface area contributed by atoms with Gasteiger partial charge < -0.3 is 20.1 Å². The van der Waals surface area contributed by atoms with Gasteiger partial charge in [-0.2, -0.15) is 0 Å². The summed E-state index contributed by atoms with van der Waals surface area (Å²) in [6.07, 6.45) is 3.48. The van der Waals surface area contributed by atoms with E-state index in [-0.39, 0.29) is 23.0 Å². The van der Waals surface area contributed by atoms with Gasteiger partial charge in [0.05, 0.1) is 7.11 Å². The predicted octanol–water partition coefficient (Wildman–Crippen LogP) is 2.98. The van der Waals surface area contributed by atoms with Crippen LogP contribution in [0.25, 0.3) is 12.2 Å². The number of methoxy groups -OCH3 is 1. The van der Waals surface area contributed by atoms with Gasteiger partial charge in [-0.1, -0.05) is 24.3 Å². The molecule has 0 amide bonds. The molecule has 0 saturated carbocycles. The SMILES string of the molecule is COc1c(O)cc(/C=C/c2cccc(O)c2)cc1O. The Morgan fingerprint density at radius 1 is 0.895 bits per heavy atom. The van der Waals surface area contributed by atoms with Crippen LogP contribution < -0.4 is 4.74 Å². The summed E-state index contributed by atoms with van der Waals surface area (Å²) in [5, 5.41) is 28.6. The van der Waals surface area contributed by atoms with Crippen molar-refractivity contribution in [2.45, 2.75) is 0 Å². The molecule has 98 valence electrons. The summed E-state index contributed by atoms with van der Waals surface area (Å²) in [6, 6.07) is 9.73.